The zero-order chi connectivity index (χ0) is 14.9. The maximum absolute atomic E-state index is 12.0. The van der Waals surface area contributed by atoms with E-state index in [9.17, 15) is 13.2 Å². The number of anilines is 1. The van der Waals surface area contributed by atoms with Gasteiger partial charge in [0, 0.05) is 0 Å². The van der Waals surface area contributed by atoms with Gasteiger partial charge in [-0.3, -0.25) is 4.72 Å². The van der Waals surface area contributed by atoms with Gasteiger partial charge in [0.15, 0.2) is 10.3 Å². The number of nitrogens with zero attached hydrogens (tertiary/aromatic N) is 2. The molecule has 8 nitrogen and oxygen atoms in total. The molecule has 0 spiro atoms. The fourth-order valence-electron chi connectivity index (χ4n) is 1.19. The smallest absolute Gasteiger partial charge is 0.371 e. The lowest BCUT2D eigenvalue weighted by atomic mass is 10.5. The van der Waals surface area contributed by atoms with Gasteiger partial charge in [-0.25, -0.2) is 14.8 Å². The molecule has 0 aromatic carbocycles. The van der Waals surface area contributed by atoms with Crippen molar-refractivity contribution in [2.24, 2.45) is 0 Å². The molecule has 0 saturated heterocycles. The largest absolute Gasteiger partial charge is 0.475 e. The Morgan fingerprint density at radius 3 is 2.35 bits per heavy atom. The molecule has 0 amide bonds. The first-order valence-corrected chi connectivity index (χ1v) is 7.07. The van der Waals surface area contributed by atoms with Gasteiger partial charge in [-0.15, -0.1) is 0 Å². The van der Waals surface area contributed by atoms with Crippen molar-refractivity contribution in [3.63, 3.8) is 0 Å². The number of hydrogen-bond acceptors (Lipinski definition) is 6. The summed E-state index contributed by atoms with van der Waals surface area (Å²) in [7, 11) is -4.20. The molecule has 2 aromatic rings. The summed E-state index contributed by atoms with van der Waals surface area (Å²) in [5.41, 5.74) is -0.232. The van der Waals surface area contributed by atoms with Gasteiger partial charge in [-0.2, -0.15) is 8.42 Å². The van der Waals surface area contributed by atoms with Crippen LogP contribution in [0, 0.1) is 0 Å². The molecule has 2 N–H and O–H groups in total. The second kappa shape index (κ2) is 5.27. The molecule has 2 rings (SSSR count). The number of hydrogen-bond donors (Lipinski definition) is 2. The van der Waals surface area contributed by atoms with Crippen molar-refractivity contribution in [1.82, 2.24) is 9.97 Å². The van der Waals surface area contributed by atoms with Crippen molar-refractivity contribution in [3.05, 3.63) is 34.5 Å². The van der Waals surface area contributed by atoms with E-state index < -0.39 is 26.8 Å². The molecular weight excluding hydrogens is 333 g/mol. The second-order valence-electron chi connectivity index (χ2n) is 3.36. The van der Waals surface area contributed by atoms with Gasteiger partial charge in [0.05, 0.1) is 0 Å². The van der Waals surface area contributed by atoms with Gasteiger partial charge in [0.2, 0.25) is 10.9 Å². The number of aromatic nitrogens is 2. The Labute approximate surface area is 122 Å². The molecule has 0 unspecified atom stereocenters. The topological polar surface area (TPSA) is 122 Å². The predicted octanol–water partition coefficient (Wildman–Crippen LogP) is 1.88. The van der Waals surface area contributed by atoms with Crippen molar-refractivity contribution in [2.75, 3.05) is 4.72 Å². The van der Waals surface area contributed by atoms with E-state index >= 15 is 0 Å². The van der Waals surface area contributed by atoms with Crippen LogP contribution in [0.1, 0.15) is 10.6 Å². The fraction of sp³-hybridized carbons (Fsp3) is 0. The first kappa shape index (κ1) is 14.6. The van der Waals surface area contributed by atoms with Crippen LogP contribution in [-0.2, 0) is 10.0 Å². The second-order valence-corrected chi connectivity index (χ2v) is 5.69. The molecule has 11 heteroatoms. The molecule has 0 bridgehead atoms. The molecule has 0 aliphatic rings. The molecule has 106 valence electrons. The van der Waals surface area contributed by atoms with Gasteiger partial charge in [0.25, 0.3) is 10.0 Å². The molecular formula is C9H5Cl2N3O5S. The Kier molecular flexibility index (Phi) is 3.84. The van der Waals surface area contributed by atoms with Gasteiger partial charge < -0.3 is 9.52 Å². The number of carboxylic acid groups (broad SMARTS) is 1. The van der Waals surface area contributed by atoms with Crippen molar-refractivity contribution in [1.29, 1.82) is 0 Å². The third kappa shape index (κ3) is 2.84. The maximum atomic E-state index is 12.0. The summed E-state index contributed by atoms with van der Waals surface area (Å²) in [6.45, 7) is 0. The van der Waals surface area contributed by atoms with Crippen LogP contribution in [0.3, 0.4) is 0 Å². The average molecular weight is 338 g/mol. The molecule has 0 radical (unpaired) electrons. The number of carboxylic acids is 1. The van der Waals surface area contributed by atoms with E-state index in [1.165, 1.54) is 0 Å². The number of sulfonamides is 1. The highest BCUT2D eigenvalue weighted by atomic mass is 35.5. The number of aromatic carboxylic acids is 1. The Balaban J connectivity index is 2.38. The van der Waals surface area contributed by atoms with Crippen LogP contribution in [-0.4, -0.2) is 29.5 Å². The predicted molar refractivity (Wildman–Crippen MR) is 68.5 cm³/mol. The van der Waals surface area contributed by atoms with Crippen LogP contribution in [0.4, 0.5) is 5.69 Å². The minimum Gasteiger partial charge on any atom is -0.475 e. The molecule has 0 fully saturated rings. The molecule has 20 heavy (non-hydrogen) atoms. The average Bonchev–Trinajstić information content (AvgIpc) is 2.84. The van der Waals surface area contributed by atoms with Crippen molar-refractivity contribution < 1.29 is 22.7 Å². The Morgan fingerprint density at radius 1 is 1.25 bits per heavy atom. The van der Waals surface area contributed by atoms with Gasteiger partial charge in [0.1, 0.15) is 12.0 Å². The normalized spacial score (nSPS) is 11.3. The van der Waals surface area contributed by atoms with Gasteiger partial charge in [-0.05, 0) is 12.1 Å². The monoisotopic (exact) mass is 337 g/mol. The lowest BCUT2D eigenvalue weighted by Crippen LogP contribution is -2.13. The Hall–Kier alpha value is -1.84. The van der Waals surface area contributed by atoms with E-state index in [4.69, 9.17) is 28.3 Å². The number of rotatable bonds is 4. The zero-order valence-electron chi connectivity index (χ0n) is 9.37. The molecule has 0 aliphatic carbocycles. The van der Waals surface area contributed by atoms with Crippen LogP contribution in [0.15, 0.2) is 28.0 Å². The highest BCUT2D eigenvalue weighted by Crippen LogP contribution is 2.28. The quantitative estimate of drug-likeness (QED) is 0.816. The van der Waals surface area contributed by atoms with Crippen LogP contribution < -0.4 is 4.72 Å². The minimum absolute atomic E-state index is 0.210. The van der Waals surface area contributed by atoms with E-state index in [-0.39, 0.29) is 16.0 Å². The molecule has 2 aromatic heterocycles. The van der Waals surface area contributed by atoms with Crippen LogP contribution >= 0.6 is 23.2 Å². The van der Waals surface area contributed by atoms with Gasteiger partial charge >= 0.3 is 5.97 Å². The molecule has 2 heterocycles. The van der Waals surface area contributed by atoms with E-state index in [2.05, 4.69) is 14.4 Å². The summed E-state index contributed by atoms with van der Waals surface area (Å²) in [6.07, 6.45) is 1.05. The summed E-state index contributed by atoms with van der Waals surface area (Å²) in [5, 5.41) is 7.65. The number of carbonyl (C=O) groups is 1. The first-order chi connectivity index (χ1) is 9.31. The number of halogens is 2. The third-order valence-corrected chi connectivity index (χ3v) is 3.84. The highest BCUT2D eigenvalue weighted by Gasteiger charge is 2.23. The minimum atomic E-state index is -4.20. The Morgan fingerprint density at radius 2 is 1.85 bits per heavy atom. The summed E-state index contributed by atoms with van der Waals surface area (Å²) < 4.78 is 30.6. The van der Waals surface area contributed by atoms with Crippen LogP contribution in [0.25, 0.3) is 0 Å². The van der Waals surface area contributed by atoms with Crippen molar-refractivity contribution in [3.8, 4) is 0 Å². The Bertz CT molecular complexity index is 753. The lowest BCUT2D eigenvalue weighted by Gasteiger charge is -2.07. The van der Waals surface area contributed by atoms with Crippen LogP contribution in [0.2, 0.25) is 10.3 Å². The SMILES string of the molecule is O=C(O)c1ccc(S(=O)(=O)Nc2c(Cl)ncnc2Cl)o1. The first-order valence-electron chi connectivity index (χ1n) is 4.83. The molecule has 0 saturated carbocycles. The van der Waals surface area contributed by atoms with E-state index in [0.29, 0.717) is 0 Å². The summed E-state index contributed by atoms with van der Waals surface area (Å²) >= 11 is 11.4. The molecule has 0 aliphatic heterocycles. The standard InChI is InChI=1S/C9H5Cl2N3O5S/c10-7-6(8(11)13-3-12-7)14-20(17,18)5-2-1-4(19-5)9(15)16/h1-3,14H,(H,15,16). The zero-order valence-corrected chi connectivity index (χ0v) is 11.7. The highest BCUT2D eigenvalue weighted by molar-refractivity contribution is 7.92. The van der Waals surface area contributed by atoms with Crippen LogP contribution in [0.5, 0.6) is 0 Å². The summed E-state index contributed by atoms with van der Waals surface area (Å²) in [5.74, 6) is -1.92. The lowest BCUT2D eigenvalue weighted by molar-refractivity contribution is 0.0656. The van der Waals surface area contributed by atoms with Crippen molar-refractivity contribution in [2.45, 2.75) is 5.09 Å². The van der Waals surface area contributed by atoms with Crippen molar-refractivity contribution >= 4 is 44.9 Å². The summed E-state index contributed by atoms with van der Waals surface area (Å²) in [4.78, 5) is 17.8. The number of furan rings is 1. The number of nitrogens with one attached hydrogen (secondary N) is 1. The van der Waals surface area contributed by atoms with Gasteiger partial charge in [-0.1, -0.05) is 23.2 Å². The third-order valence-electron chi connectivity index (χ3n) is 2.05. The maximum Gasteiger partial charge on any atom is 0.371 e. The molecule has 0 atom stereocenters. The van der Waals surface area contributed by atoms with E-state index in [0.717, 1.165) is 18.5 Å². The van der Waals surface area contributed by atoms with E-state index in [1.54, 1.807) is 0 Å². The van der Waals surface area contributed by atoms with E-state index in [1.807, 2.05) is 4.72 Å². The fourth-order valence-corrected chi connectivity index (χ4v) is 2.72. The summed E-state index contributed by atoms with van der Waals surface area (Å²) in [6, 6.07) is 1.99.